The molecule has 0 spiro atoms. The summed E-state index contributed by atoms with van der Waals surface area (Å²) in [6.45, 7) is 3.57. The monoisotopic (exact) mass is 285 g/mol. The van der Waals surface area contributed by atoms with Gasteiger partial charge in [-0.05, 0) is 37.9 Å². The van der Waals surface area contributed by atoms with E-state index in [0.717, 1.165) is 42.4 Å². The Kier molecular flexibility index (Phi) is 3.75. The van der Waals surface area contributed by atoms with E-state index in [4.69, 9.17) is 0 Å². The van der Waals surface area contributed by atoms with Gasteiger partial charge in [-0.2, -0.15) is 0 Å². The van der Waals surface area contributed by atoms with Crippen LogP contribution in [0.2, 0.25) is 0 Å². The van der Waals surface area contributed by atoms with Gasteiger partial charge in [0.15, 0.2) is 0 Å². The first-order valence-electron chi connectivity index (χ1n) is 7.30. The molecule has 3 rings (SSSR count). The number of aromatic amines is 1. The lowest BCUT2D eigenvalue weighted by Gasteiger charge is -2.24. The molecule has 2 aromatic rings. The summed E-state index contributed by atoms with van der Waals surface area (Å²) in [5.74, 6) is -0.284. The van der Waals surface area contributed by atoms with E-state index in [2.05, 4.69) is 15.6 Å². The number of nitrogens with one attached hydrogen (secondary N) is 3. The average Bonchev–Trinajstić information content (AvgIpc) is 2.48. The Morgan fingerprint density at radius 3 is 2.90 bits per heavy atom. The molecule has 1 aliphatic heterocycles. The predicted molar refractivity (Wildman–Crippen MR) is 82.7 cm³/mol. The number of benzene rings is 1. The molecule has 0 bridgehead atoms. The molecule has 5 nitrogen and oxygen atoms in total. The van der Waals surface area contributed by atoms with Crippen molar-refractivity contribution in [2.24, 2.45) is 0 Å². The number of piperidine rings is 1. The highest BCUT2D eigenvalue weighted by Crippen LogP contribution is 2.17. The van der Waals surface area contributed by atoms with Crippen molar-refractivity contribution in [1.29, 1.82) is 0 Å². The lowest BCUT2D eigenvalue weighted by molar-refractivity contribution is 0.0928. The SMILES string of the molecule is Cc1c(C(=O)NC2CCCNC2)c(=O)[nH]c2ccccc12. The van der Waals surface area contributed by atoms with Gasteiger partial charge in [-0.25, -0.2) is 0 Å². The molecule has 1 amide bonds. The molecule has 1 unspecified atom stereocenters. The van der Waals surface area contributed by atoms with E-state index in [1.807, 2.05) is 31.2 Å². The lowest BCUT2D eigenvalue weighted by Crippen LogP contribution is -2.46. The highest BCUT2D eigenvalue weighted by molar-refractivity contribution is 6.00. The molecule has 0 radical (unpaired) electrons. The van der Waals surface area contributed by atoms with Crippen molar-refractivity contribution in [2.75, 3.05) is 13.1 Å². The van der Waals surface area contributed by atoms with Crippen LogP contribution in [0.5, 0.6) is 0 Å². The third kappa shape index (κ3) is 2.69. The number of hydrogen-bond donors (Lipinski definition) is 3. The number of amides is 1. The first-order chi connectivity index (χ1) is 10.2. The minimum Gasteiger partial charge on any atom is -0.348 e. The number of H-pyrrole nitrogens is 1. The average molecular weight is 285 g/mol. The third-order valence-corrected chi connectivity index (χ3v) is 4.04. The normalized spacial score (nSPS) is 18.6. The van der Waals surface area contributed by atoms with Crippen LogP contribution in [0.4, 0.5) is 0 Å². The Labute approximate surface area is 122 Å². The second-order valence-electron chi connectivity index (χ2n) is 5.52. The lowest BCUT2D eigenvalue weighted by atomic mass is 10.0. The minimum atomic E-state index is -0.326. The summed E-state index contributed by atoms with van der Waals surface area (Å²) in [5, 5.41) is 7.12. The Morgan fingerprint density at radius 2 is 2.14 bits per heavy atom. The van der Waals surface area contributed by atoms with E-state index in [-0.39, 0.29) is 23.1 Å². The Hall–Kier alpha value is -2.14. The summed E-state index contributed by atoms with van der Waals surface area (Å²) in [7, 11) is 0. The number of carbonyl (C=O) groups is 1. The second kappa shape index (κ2) is 5.69. The molecule has 1 aromatic carbocycles. The van der Waals surface area contributed by atoms with Gasteiger partial charge >= 0.3 is 0 Å². The van der Waals surface area contributed by atoms with E-state index >= 15 is 0 Å². The summed E-state index contributed by atoms with van der Waals surface area (Å²) in [6, 6.07) is 7.62. The van der Waals surface area contributed by atoms with Crippen molar-refractivity contribution < 1.29 is 4.79 Å². The fourth-order valence-corrected chi connectivity index (χ4v) is 2.91. The number of aryl methyl sites for hydroxylation is 1. The molecule has 2 heterocycles. The van der Waals surface area contributed by atoms with Crippen LogP contribution >= 0.6 is 0 Å². The maximum Gasteiger partial charge on any atom is 0.261 e. The van der Waals surface area contributed by atoms with Crippen molar-refractivity contribution in [2.45, 2.75) is 25.8 Å². The van der Waals surface area contributed by atoms with Crippen LogP contribution in [0.1, 0.15) is 28.8 Å². The molecule has 1 saturated heterocycles. The number of rotatable bonds is 2. The van der Waals surface area contributed by atoms with E-state index in [9.17, 15) is 9.59 Å². The van der Waals surface area contributed by atoms with Gasteiger partial charge in [0.2, 0.25) is 0 Å². The zero-order valence-corrected chi connectivity index (χ0v) is 12.0. The van der Waals surface area contributed by atoms with Gasteiger partial charge in [0.05, 0.1) is 0 Å². The molecule has 1 aliphatic rings. The molecule has 1 atom stereocenters. The standard InChI is InChI=1S/C16H19N3O2/c1-10-12-6-2-3-7-13(12)19-16(21)14(10)15(20)18-11-5-4-8-17-9-11/h2-3,6-7,11,17H,4-5,8-9H2,1H3,(H,18,20)(H,19,21). The molecule has 110 valence electrons. The van der Waals surface area contributed by atoms with Crippen LogP contribution in [-0.2, 0) is 0 Å². The van der Waals surface area contributed by atoms with Crippen molar-refractivity contribution >= 4 is 16.8 Å². The summed E-state index contributed by atoms with van der Waals surface area (Å²) in [6.07, 6.45) is 1.99. The molecule has 5 heteroatoms. The Bertz CT molecular complexity index is 730. The molecular weight excluding hydrogens is 266 g/mol. The topological polar surface area (TPSA) is 74.0 Å². The van der Waals surface area contributed by atoms with Crippen LogP contribution < -0.4 is 16.2 Å². The third-order valence-electron chi connectivity index (χ3n) is 4.04. The maximum absolute atomic E-state index is 12.4. The first kappa shape index (κ1) is 13.8. The van der Waals surface area contributed by atoms with Crippen LogP contribution in [0.3, 0.4) is 0 Å². The zero-order chi connectivity index (χ0) is 14.8. The van der Waals surface area contributed by atoms with Gasteiger partial charge < -0.3 is 15.6 Å². The zero-order valence-electron chi connectivity index (χ0n) is 12.0. The van der Waals surface area contributed by atoms with E-state index in [1.54, 1.807) is 0 Å². The summed E-state index contributed by atoms with van der Waals surface area (Å²) in [5.41, 5.74) is 1.39. The highest BCUT2D eigenvalue weighted by atomic mass is 16.2. The highest BCUT2D eigenvalue weighted by Gasteiger charge is 2.20. The Morgan fingerprint density at radius 1 is 1.33 bits per heavy atom. The van der Waals surface area contributed by atoms with Gasteiger partial charge in [-0.3, -0.25) is 9.59 Å². The number of pyridine rings is 1. The van der Waals surface area contributed by atoms with Crippen LogP contribution in [-0.4, -0.2) is 30.0 Å². The largest absolute Gasteiger partial charge is 0.348 e. The molecule has 1 aromatic heterocycles. The van der Waals surface area contributed by atoms with Gasteiger partial charge in [0.25, 0.3) is 11.5 Å². The van der Waals surface area contributed by atoms with Crippen LogP contribution in [0.15, 0.2) is 29.1 Å². The quantitative estimate of drug-likeness (QED) is 0.779. The summed E-state index contributed by atoms with van der Waals surface area (Å²) in [4.78, 5) is 27.4. The van der Waals surface area contributed by atoms with Gasteiger partial charge in [-0.1, -0.05) is 18.2 Å². The van der Waals surface area contributed by atoms with Gasteiger partial charge in [0, 0.05) is 23.5 Å². The van der Waals surface area contributed by atoms with Crippen molar-refractivity contribution in [3.05, 3.63) is 45.7 Å². The van der Waals surface area contributed by atoms with Crippen LogP contribution in [0, 0.1) is 6.92 Å². The molecule has 21 heavy (non-hydrogen) atoms. The number of aromatic nitrogens is 1. The molecule has 0 saturated carbocycles. The minimum absolute atomic E-state index is 0.0940. The molecule has 0 aliphatic carbocycles. The molecule has 3 N–H and O–H groups in total. The Balaban J connectivity index is 1.95. The molecular formula is C16H19N3O2. The van der Waals surface area contributed by atoms with E-state index < -0.39 is 0 Å². The van der Waals surface area contributed by atoms with Crippen molar-refractivity contribution in [1.82, 2.24) is 15.6 Å². The number of carbonyl (C=O) groups excluding carboxylic acids is 1. The predicted octanol–water partition coefficient (Wildman–Crippen LogP) is 1.32. The molecule has 1 fully saturated rings. The fourth-order valence-electron chi connectivity index (χ4n) is 2.91. The van der Waals surface area contributed by atoms with Crippen molar-refractivity contribution in [3.8, 4) is 0 Å². The van der Waals surface area contributed by atoms with Crippen LogP contribution in [0.25, 0.3) is 10.9 Å². The first-order valence-corrected chi connectivity index (χ1v) is 7.30. The van der Waals surface area contributed by atoms with Gasteiger partial charge in [-0.15, -0.1) is 0 Å². The fraction of sp³-hybridized carbons (Fsp3) is 0.375. The van der Waals surface area contributed by atoms with Gasteiger partial charge in [0.1, 0.15) is 5.56 Å². The maximum atomic E-state index is 12.4. The number of hydrogen-bond acceptors (Lipinski definition) is 3. The number of fused-ring (bicyclic) bond motifs is 1. The van der Waals surface area contributed by atoms with E-state index in [0.29, 0.717) is 0 Å². The van der Waals surface area contributed by atoms with E-state index in [1.165, 1.54) is 0 Å². The number of para-hydroxylation sites is 1. The smallest absolute Gasteiger partial charge is 0.261 e. The van der Waals surface area contributed by atoms with Crippen molar-refractivity contribution in [3.63, 3.8) is 0 Å². The second-order valence-corrected chi connectivity index (χ2v) is 5.52. The summed E-state index contributed by atoms with van der Waals surface area (Å²) < 4.78 is 0. The summed E-state index contributed by atoms with van der Waals surface area (Å²) >= 11 is 0.